The fraction of sp³-hybridized carbons (Fsp3) is 0.944. The first kappa shape index (κ1) is 22.9. The van der Waals surface area contributed by atoms with Crippen molar-refractivity contribution < 1.29 is 30.0 Å². The van der Waals surface area contributed by atoms with E-state index in [0.717, 1.165) is 19.4 Å². The second-order valence-electron chi connectivity index (χ2n) is 8.12. The number of amides is 1. The van der Waals surface area contributed by atoms with Crippen molar-refractivity contribution in [3.8, 4) is 0 Å². The van der Waals surface area contributed by atoms with E-state index in [1.54, 1.807) is 6.26 Å². The molecule has 0 radical (unpaired) electrons. The van der Waals surface area contributed by atoms with E-state index in [0.29, 0.717) is 12.3 Å². The molecule has 0 aromatic heterocycles. The summed E-state index contributed by atoms with van der Waals surface area (Å²) < 4.78 is 5.76. The van der Waals surface area contributed by atoms with Crippen LogP contribution in [-0.4, -0.2) is 86.7 Å². The predicted molar refractivity (Wildman–Crippen MR) is 103 cm³/mol. The number of nitrogens with one attached hydrogen (secondary N) is 2. The molecular formula is C18H34N2O6S. The molecule has 2 saturated heterocycles. The largest absolute Gasteiger partial charge is 0.388 e. The molecule has 8 unspecified atom stereocenters. The van der Waals surface area contributed by atoms with E-state index in [-0.39, 0.29) is 11.9 Å². The standard InChI is InChI=1S/C18H34N2O6S/c1-5-9-6-7-19-10(8-9)16(24)20-15(18(2,3)25)14-12(22)11(21)13(23)17(26-14)27-4/h9-15,17,19,21-23,25H,5-8H2,1-4H3,(H,20,24). The molecule has 9 heteroatoms. The molecule has 0 aliphatic carbocycles. The van der Waals surface area contributed by atoms with Crippen LogP contribution in [0.3, 0.4) is 0 Å². The molecule has 0 aromatic carbocycles. The number of aliphatic hydroxyl groups excluding tert-OH is 3. The molecule has 27 heavy (non-hydrogen) atoms. The number of ether oxygens (including phenoxy) is 1. The van der Waals surface area contributed by atoms with Crippen LogP contribution in [0.25, 0.3) is 0 Å². The van der Waals surface area contributed by atoms with Gasteiger partial charge in [0.05, 0.1) is 17.7 Å². The van der Waals surface area contributed by atoms with Crippen LogP contribution in [0.1, 0.15) is 40.0 Å². The van der Waals surface area contributed by atoms with Crippen LogP contribution in [-0.2, 0) is 9.53 Å². The molecule has 2 heterocycles. The fourth-order valence-corrected chi connectivity index (χ4v) is 4.50. The Morgan fingerprint density at radius 1 is 1.30 bits per heavy atom. The molecule has 158 valence electrons. The van der Waals surface area contributed by atoms with Gasteiger partial charge >= 0.3 is 0 Å². The summed E-state index contributed by atoms with van der Waals surface area (Å²) in [6.07, 6.45) is -0.731. The van der Waals surface area contributed by atoms with Crippen LogP contribution in [0, 0.1) is 5.92 Å². The van der Waals surface area contributed by atoms with Gasteiger partial charge in [-0.1, -0.05) is 13.3 Å². The lowest BCUT2D eigenvalue weighted by molar-refractivity contribution is -0.217. The van der Waals surface area contributed by atoms with Gasteiger partial charge in [0.25, 0.3) is 0 Å². The maximum absolute atomic E-state index is 12.8. The Kier molecular flexibility index (Phi) is 7.95. The van der Waals surface area contributed by atoms with Crippen molar-refractivity contribution in [1.82, 2.24) is 10.6 Å². The number of rotatable bonds is 6. The number of carbonyl (C=O) groups is 1. The summed E-state index contributed by atoms with van der Waals surface area (Å²) in [4.78, 5) is 12.8. The first-order valence-corrected chi connectivity index (χ1v) is 10.9. The van der Waals surface area contributed by atoms with Gasteiger partial charge in [-0.15, -0.1) is 11.8 Å². The molecule has 0 saturated carbocycles. The van der Waals surface area contributed by atoms with Crippen molar-refractivity contribution in [3.63, 3.8) is 0 Å². The zero-order valence-corrected chi connectivity index (χ0v) is 17.3. The third-order valence-corrected chi connectivity index (χ3v) is 6.49. The molecular weight excluding hydrogens is 372 g/mol. The number of hydrogen-bond donors (Lipinski definition) is 6. The zero-order valence-electron chi connectivity index (χ0n) is 16.5. The molecule has 6 N–H and O–H groups in total. The summed E-state index contributed by atoms with van der Waals surface area (Å²) in [5, 5.41) is 47.3. The van der Waals surface area contributed by atoms with E-state index in [1.165, 1.54) is 25.6 Å². The fourth-order valence-electron chi connectivity index (χ4n) is 3.83. The van der Waals surface area contributed by atoms with Crippen molar-refractivity contribution in [2.24, 2.45) is 5.92 Å². The molecule has 0 aromatic rings. The van der Waals surface area contributed by atoms with Gasteiger partial charge in [-0.25, -0.2) is 0 Å². The number of carbonyl (C=O) groups excluding carboxylic acids is 1. The van der Waals surface area contributed by atoms with Gasteiger partial charge in [0.15, 0.2) is 0 Å². The number of thioether (sulfide) groups is 1. The monoisotopic (exact) mass is 406 g/mol. The molecule has 8 nitrogen and oxygen atoms in total. The highest BCUT2D eigenvalue weighted by Gasteiger charge is 2.50. The van der Waals surface area contributed by atoms with Crippen LogP contribution in [0.15, 0.2) is 0 Å². The lowest BCUT2D eigenvalue weighted by Gasteiger charge is -2.46. The summed E-state index contributed by atoms with van der Waals surface area (Å²) in [6, 6.07) is -1.33. The van der Waals surface area contributed by atoms with Gasteiger partial charge in [0.1, 0.15) is 29.9 Å². The molecule has 2 rings (SSSR count). The Morgan fingerprint density at radius 3 is 2.52 bits per heavy atom. The van der Waals surface area contributed by atoms with Crippen LogP contribution >= 0.6 is 11.8 Å². The lowest BCUT2D eigenvalue weighted by atomic mass is 9.85. The maximum atomic E-state index is 12.8. The van der Waals surface area contributed by atoms with Crippen LogP contribution < -0.4 is 10.6 Å². The lowest BCUT2D eigenvalue weighted by Crippen LogP contribution is -2.68. The van der Waals surface area contributed by atoms with E-state index >= 15 is 0 Å². The minimum absolute atomic E-state index is 0.266. The number of aliphatic hydroxyl groups is 4. The number of hydrogen-bond acceptors (Lipinski definition) is 8. The van der Waals surface area contributed by atoms with Crippen molar-refractivity contribution in [1.29, 1.82) is 0 Å². The third kappa shape index (κ3) is 5.35. The number of piperidine rings is 1. The predicted octanol–water partition coefficient (Wildman–Crippen LogP) is -0.809. The average Bonchev–Trinajstić information content (AvgIpc) is 2.64. The van der Waals surface area contributed by atoms with Crippen molar-refractivity contribution in [2.45, 2.75) is 87.6 Å². The highest BCUT2D eigenvalue weighted by Crippen LogP contribution is 2.31. The van der Waals surface area contributed by atoms with Gasteiger partial charge in [0, 0.05) is 0 Å². The summed E-state index contributed by atoms with van der Waals surface area (Å²) in [7, 11) is 0. The molecule has 1 amide bonds. The first-order valence-electron chi connectivity index (χ1n) is 9.58. The normalized spacial score (nSPS) is 39.0. The minimum Gasteiger partial charge on any atom is -0.388 e. The summed E-state index contributed by atoms with van der Waals surface area (Å²) >= 11 is 1.19. The summed E-state index contributed by atoms with van der Waals surface area (Å²) in [6.45, 7) is 5.89. The Hall–Kier alpha value is -0.420. The van der Waals surface area contributed by atoms with E-state index in [1.807, 2.05) is 0 Å². The van der Waals surface area contributed by atoms with E-state index in [4.69, 9.17) is 4.74 Å². The smallest absolute Gasteiger partial charge is 0.237 e. The summed E-state index contributed by atoms with van der Waals surface area (Å²) in [5.41, 5.74) is -2.18. The Bertz CT molecular complexity index is 501. The van der Waals surface area contributed by atoms with Crippen molar-refractivity contribution in [3.05, 3.63) is 0 Å². The van der Waals surface area contributed by atoms with Crippen LogP contribution in [0.4, 0.5) is 0 Å². The van der Waals surface area contributed by atoms with Crippen LogP contribution in [0.2, 0.25) is 0 Å². The average molecular weight is 407 g/mol. The van der Waals surface area contributed by atoms with Gasteiger partial charge in [-0.2, -0.15) is 0 Å². The quantitative estimate of drug-likeness (QED) is 0.338. The molecule has 2 fully saturated rings. The Morgan fingerprint density at radius 2 is 1.96 bits per heavy atom. The summed E-state index contributed by atoms with van der Waals surface area (Å²) in [5.74, 6) is 0.203. The van der Waals surface area contributed by atoms with E-state index in [2.05, 4.69) is 17.6 Å². The highest BCUT2D eigenvalue weighted by atomic mass is 32.2. The minimum atomic E-state index is -1.44. The Balaban J connectivity index is 2.16. The van der Waals surface area contributed by atoms with Crippen molar-refractivity contribution >= 4 is 17.7 Å². The second-order valence-corrected chi connectivity index (χ2v) is 9.06. The SMILES string of the molecule is CCC1CCNC(C(=O)NC(C2OC(SC)C(O)C(O)C2O)C(C)(C)O)C1. The molecule has 0 spiro atoms. The van der Waals surface area contributed by atoms with Crippen LogP contribution in [0.5, 0.6) is 0 Å². The molecule has 0 bridgehead atoms. The molecule has 2 aliphatic heterocycles. The Labute approximate surface area is 165 Å². The van der Waals surface area contributed by atoms with Gasteiger partial charge in [0.2, 0.25) is 5.91 Å². The highest BCUT2D eigenvalue weighted by molar-refractivity contribution is 7.99. The van der Waals surface area contributed by atoms with E-state index in [9.17, 15) is 25.2 Å². The topological polar surface area (TPSA) is 131 Å². The van der Waals surface area contributed by atoms with Crippen molar-refractivity contribution in [2.75, 3.05) is 12.8 Å². The van der Waals surface area contributed by atoms with E-state index < -0.39 is 41.5 Å². The van der Waals surface area contributed by atoms with Gasteiger partial charge in [-0.3, -0.25) is 4.79 Å². The molecule has 2 aliphatic rings. The third-order valence-electron chi connectivity index (χ3n) is 5.63. The maximum Gasteiger partial charge on any atom is 0.237 e. The van der Waals surface area contributed by atoms with Gasteiger partial charge in [-0.05, 0) is 45.4 Å². The molecule has 8 atom stereocenters. The first-order chi connectivity index (χ1) is 12.6. The zero-order chi connectivity index (χ0) is 20.4. The van der Waals surface area contributed by atoms with Gasteiger partial charge < -0.3 is 35.8 Å². The second kappa shape index (κ2) is 9.39.